The minimum absolute atomic E-state index is 0.168. The molecule has 2 aromatic rings. The number of pyridine rings is 1. The predicted molar refractivity (Wildman–Crippen MR) is 59.6 cm³/mol. The lowest BCUT2D eigenvalue weighted by atomic mass is 10.2. The number of rotatable bonds is 2. The number of nitrogens with zero attached hydrogens (tertiary/aromatic N) is 4. The lowest BCUT2D eigenvalue weighted by Gasteiger charge is -2.05. The highest BCUT2D eigenvalue weighted by molar-refractivity contribution is 5.90. The summed E-state index contributed by atoms with van der Waals surface area (Å²) in [5.41, 5.74) is 6.39. The van der Waals surface area contributed by atoms with Crippen LogP contribution in [0.5, 0.6) is 0 Å². The summed E-state index contributed by atoms with van der Waals surface area (Å²) in [5, 5.41) is 3.92. The summed E-state index contributed by atoms with van der Waals surface area (Å²) in [6.45, 7) is 1.72. The third-order valence-electron chi connectivity index (χ3n) is 2.22. The van der Waals surface area contributed by atoms with Gasteiger partial charge in [-0.1, -0.05) is 0 Å². The van der Waals surface area contributed by atoms with E-state index in [2.05, 4.69) is 19.8 Å². The Morgan fingerprint density at radius 1 is 1.47 bits per heavy atom. The molecule has 0 unspecified atom stereocenters. The summed E-state index contributed by atoms with van der Waals surface area (Å²) >= 11 is 0. The summed E-state index contributed by atoms with van der Waals surface area (Å²) < 4.78 is 6.07. The van der Waals surface area contributed by atoms with Gasteiger partial charge in [-0.2, -0.15) is 0 Å². The molecule has 2 rings (SSSR count). The van der Waals surface area contributed by atoms with E-state index >= 15 is 0 Å². The second kappa shape index (κ2) is 4.20. The van der Waals surface area contributed by atoms with Crippen molar-refractivity contribution < 1.29 is 9.53 Å². The van der Waals surface area contributed by atoms with Crippen LogP contribution in [0.3, 0.4) is 0 Å². The Balaban J connectivity index is 2.40. The molecule has 0 aliphatic rings. The molecule has 88 valence electrons. The van der Waals surface area contributed by atoms with Crippen LogP contribution in [-0.4, -0.2) is 32.8 Å². The van der Waals surface area contributed by atoms with Crippen molar-refractivity contribution in [3.63, 3.8) is 0 Å². The molecule has 0 spiro atoms. The molecule has 17 heavy (non-hydrogen) atoms. The number of carbonyl (C=O) groups is 1. The van der Waals surface area contributed by atoms with Crippen molar-refractivity contribution in [1.82, 2.24) is 19.7 Å². The van der Waals surface area contributed by atoms with Gasteiger partial charge < -0.3 is 10.5 Å². The van der Waals surface area contributed by atoms with Gasteiger partial charge in [0.1, 0.15) is 6.33 Å². The number of anilines is 1. The van der Waals surface area contributed by atoms with Gasteiger partial charge in [-0.05, 0) is 19.1 Å². The van der Waals surface area contributed by atoms with Crippen LogP contribution >= 0.6 is 0 Å². The highest BCUT2D eigenvalue weighted by Crippen LogP contribution is 2.11. The fourth-order valence-electron chi connectivity index (χ4n) is 1.39. The molecular weight excluding hydrogens is 222 g/mol. The molecule has 7 nitrogen and oxygen atoms in total. The Labute approximate surface area is 97.2 Å². The van der Waals surface area contributed by atoms with Crippen LogP contribution in [-0.2, 0) is 4.74 Å². The summed E-state index contributed by atoms with van der Waals surface area (Å²) in [5.74, 6) is 0.292. The summed E-state index contributed by atoms with van der Waals surface area (Å²) in [7, 11) is 1.33. The molecule has 0 atom stereocenters. The van der Waals surface area contributed by atoms with E-state index in [0.717, 1.165) is 0 Å². The van der Waals surface area contributed by atoms with Crippen LogP contribution in [0.2, 0.25) is 0 Å². The molecule has 2 aromatic heterocycles. The van der Waals surface area contributed by atoms with E-state index in [0.29, 0.717) is 17.1 Å². The first kappa shape index (κ1) is 11.1. The highest BCUT2D eigenvalue weighted by atomic mass is 16.5. The monoisotopic (exact) mass is 233 g/mol. The zero-order valence-corrected chi connectivity index (χ0v) is 9.41. The van der Waals surface area contributed by atoms with Crippen molar-refractivity contribution in [2.75, 3.05) is 12.8 Å². The molecule has 2 heterocycles. The van der Waals surface area contributed by atoms with E-state index in [1.54, 1.807) is 19.1 Å². The smallest absolute Gasteiger partial charge is 0.339 e. The Hall–Kier alpha value is -2.44. The second-order valence-electron chi connectivity index (χ2n) is 3.34. The van der Waals surface area contributed by atoms with Crippen molar-refractivity contribution in [3.05, 3.63) is 29.7 Å². The number of nitrogens with two attached hydrogens (primary N) is 1. The van der Waals surface area contributed by atoms with Crippen LogP contribution in [0.4, 0.5) is 5.95 Å². The molecule has 0 aliphatic carbocycles. The van der Waals surface area contributed by atoms with Crippen molar-refractivity contribution >= 4 is 11.9 Å². The van der Waals surface area contributed by atoms with Crippen molar-refractivity contribution in [3.8, 4) is 5.82 Å². The maximum atomic E-state index is 11.4. The van der Waals surface area contributed by atoms with E-state index in [1.807, 2.05) is 0 Å². The minimum Gasteiger partial charge on any atom is -0.465 e. The van der Waals surface area contributed by atoms with Crippen molar-refractivity contribution in [2.45, 2.75) is 6.92 Å². The van der Waals surface area contributed by atoms with Crippen LogP contribution in [0.25, 0.3) is 5.82 Å². The molecule has 0 radical (unpaired) electrons. The minimum atomic E-state index is -0.417. The van der Waals surface area contributed by atoms with Gasteiger partial charge in [0, 0.05) is 0 Å². The number of aromatic nitrogens is 4. The van der Waals surface area contributed by atoms with Crippen molar-refractivity contribution in [1.29, 1.82) is 0 Å². The third-order valence-corrected chi connectivity index (χ3v) is 2.22. The van der Waals surface area contributed by atoms with E-state index in [-0.39, 0.29) is 5.95 Å². The lowest BCUT2D eigenvalue weighted by Crippen LogP contribution is -2.08. The van der Waals surface area contributed by atoms with Crippen LogP contribution in [0, 0.1) is 6.92 Å². The fourth-order valence-corrected chi connectivity index (χ4v) is 1.39. The van der Waals surface area contributed by atoms with Gasteiger partial charge in [0.15, 0.2) is 5.82 Å². The average molecular weight is 233 g/mol. The third kappa shape index (κ3) is 2.07. The number of aryl methyl sites for hydroxylation is 1. The van der Waals surface area contributed by atoms with Gasteiger partial charge in [-0.3, -0.25) is 0 Å². The highest BCUT2D eigenvalue weighted by Gasteiger charge is 2.11. The van der Waals surface area contributed by atoms with Crippen LogP contribution < -0.4 is 5.73 Å². The van der Waals surface area contributed by atoms with E-state index in [1.165, 1.54) is 18.1 Å². The van der Waals surface area contributed by atoms with Crippen LogP contribution in [0.1, 0.15) is 16.1 Å². The van der Waals surface area contributed by atoms with E-state index in [9.17, 15) is 4.79 Å². The Morgan fingerprint density at radius 3 is 2.76 bits per heavy atom. The van der Waals surface area contributed by atoms with Gasteiger partial charge in [0.2, 0.25) is 5.95 Å². The number of esters is 1. The van der Waals surface area contributed by atoms with Crippen LogP contribution in [0.15, 0.2) is 18.5 Å². The normalized spacial score (nSPS) is 10.2. The Morgan fingerprint density at radius 2 is 2.24 bits per heavy atom. The summed E-state index contributed by atoms with van der Waals surface area (Å²) in [6, 6.07) is 3.27. The predicted octanol–water partition coefficient (Wildman–Crippen LogP) is 0.340. The fraction of sp³-hybridized carbons (Fsp3) is 0.200. The molecule has 2 N–H and O–H groups in total. The van der Waals surface area contributed by atoms with E-state index < -0.39 is 5.97 Å². The number of ether oxygens (including phenoxy) is 1. The molecule has 0 fully saturated rings. The first-order chi connectivity index (χ1) is 8.11. The number of hydrogen-bond donors (Lipinski definition) is 1. The van der Waals surface area contributed by atoms with Gasteiger partial charge in [0.25, 0.3) is 0 Å². The largest absolute Gasteiger partial charge is 0.465 e. The summed E-state index contributed by atoms with van der Waals surface area (Å²) in [4.78, 5) is 19.4. The Kier molecular flexibility index (Phi) is 2.73. The molecule has 0 saturated heterocycles. The van der Waals surface area contributed by atoms with Crippen molar-refractivity contribution in [2.24, 2.45) is 0 Å². The number of methoxy groups -OCH3 is 1. The van der Waals surface area contributed by atoms with Gasteiger partial charge in [-0.25, -0.2) is 19.4 Å². The first-order valence-electron chi connectivity index (χ1n) is 4.85. The SMILES string of the molecule is COC(=O)c1ccc(-n2cnc(N)n2)nc1C. The Bertz CT molecular complexity index is 564. The zero-order valence-electron chi connectivity index (χ0n) is 9.41. The van der Waals surface area contributed by atoms with Gasteiger partial charge in [0.05, 0.1) is 18.4 Å². The van der Waals surface area contributed by atoms with Gasteiger partial charge in [-0.15, -0.1) is 5.10 Å². The molecule has 0 bridgehead atoms. The first-order valence-corrected chi connectivity index (χ1v) is 4.85. The van der Waals surface area contributed by atoms with Gasteiger partial charge >= 0.3 is 5.97 Å². The molecule has 0 aliphatic heterocycles. The molecular formula is C10H11N5O2. The lowest BCUT2D eigenvalue weighted by molar-refractivity contribution is 0.0599. The number of carbonyl (C=O) groups excluding carboxylic acids is 1. The second-order valence-corrected chi connectivity index (χ2v) is 3.34. The molecule has 7 heteroatoms. The average Bonchev–Trinajstić information content (AvgIpc) is 2.75. The van der Waals surface area contributed by atoms with E-state index in [4.69, 9.17) is 5.73 Å². The zero-order chi connectivity index (χ0) is 12.4. The quantitative estimate of drug-likeness (QED) is 0.751. The maximum absolute atomic E-state index is 11.4. The standard InChI is InChI=1S/C10H11N5O2/c1-6-7(9(16)17-2)3-4-8(13-6)15-5-12-10(11)14-15/h3-5H,1-2H3,(H2,11,14). The molecule has 0 aromatic carbocycles. The number of hydrogen-bond acceptors (Lipinski definition) is 6. The molecule has 0 amide bonds. The summed E-state index contributed by atoms with van der Waals surface area (Å²) in [6.07, 6.45) is 1.45. The number of nitrogen functional groups attached to an aromatic ring is 1. The maximum Gasteiger partial charge on any atom is 0.339 e. The topological polar surface area (TPSA) is 95.9 Å². The molecule has 0 saturated carbocycles.